The highest BCUT2D eigenvalue weighted by Crippen LogP contribution is 2.05. The molecule has 0 spiro atoms. The van der Waals surface area contributed by atoms with Crippen molar-refractivity contribution in [2.24, 2.45) is 0 Å². The van der Waals surface area contributed by atoms with E-state index in [2.05, 4.69) is 20.3 Å². The average molecular weight is 294 g/mol. The molecule has 6 nitrogen and oxygen atoms in total. The zero-order valence-electron chi connectivity index (χ0n) is 11.7. The fourth-order valence-electron chi connectivity index (χ4n) is 2.15. The van der Waals surface area contributed by atoms with Gasteiger partial charge in [-0.25, -0.2) is 4.98 Å². The molecule has 22 heavy (non-hydrogen) atoms. The van der Waals surface area contributed by atoms with Crippen LogP contribution >= 0.6 is 0 Å². The third-order valence-corrected chi connectivity index (χ3v) is 3.25. The van der Waals surface area contributed by atoms with Gasteiger partial charge in [-0.15, -0.1) is 0 Å². The van der Waals surface area contributed by atoms with Gasteiger partial charge in [0.1, 0.15) is 5.82 Å². The van der Waals surface area contributed by atoms with E-state index in [-0.39, 0.29) is 11.5 Å². The number of fused-ring (bicyclic) bond motifs is 1. The Morgan fingerprint density at radius 1 is 1.14 bits per heavy atom. The van der Waals surface area contributed by atoms with Gasteiger partial charge in [0.05, 0.1) is 10.9 Å². The summed E-state index contributed by atoms with van der Waals surface area (Å²) in [6.07, 6.45) is 3.59. The molecule has 0 unspecified atom stereocenters. The zero-order chi connectivity index (χ0) is 15.4. The van der Waals surface area contributed by atoms with Gasteiger partial charge < -0.3 is 10.3 Å². The highest BCUT2D eigenvalue weighted by molar-refractivity contribution is 5.93. The highest BCUT2D eigenvalue weighted by Gasteiger charge is 2.06. The van der Waals surface area contributed by atoms with Gasteiger partial charge in [0.15, 0.2) is 0 Å². The summed E-state index contributed by atoms with van der Waals surface area (Å²) < 4.78 is 0. The SMILES string of the molecule is O=C(NCCc1nc2ccccc2c(=O)[nH]1)c1ccncc1. The predicted octanol–water partition coefficient (Wildman–Crippen LogP) is 1.29. The maximum Gasteiger partial charge on any atom is 0.258 e. The minimum absolute atomic E-state index is 0.166. The van der Waals surface area contributed by atoms with Gasteiger partial charge in [-0.1, -0.05) is 12.1 Å². The van der Waals surface area contributed by atoms with Crippen LogP contribution in [0, 0.1) is 0 Å². The first-order valence-corrected chi connectivity index (χ1v) is 6.90. The minimum atomic E-state index is -0.175. The number of amides is 1. The first kappa shape index (κ1) is 13.9. The quantitative estimate of drug-likeness (QED) is 0.759. The van der Waals surface area contributed by atoms with E-state index in [9.17, 15) is 9.59 Å². The van der Waals surface area contributed by atoms with Gasteiger partial charge in [0.2, 0.25) is 0 Å². The number of hydrogen-bond acceptors (Lipinski definition) is 4. The molecule has 2 N–H and O–H groups in total. The summed E-state index contributed by atoms with van der Waals surface area (Å²) in [5, 5.41) is 3.35. The number of pyridine rings is 1. The maximum atomic E-state index is 11.9. The Hall–Kier alpha value is -3.02. The number of aromatic nitrogens is 3. The molecule has 0 atom stereocenters. The summed E-state index contributed by atoms with van der Waals surface area (Å²) in [5.74, 6) is 0.379. The zero-order valence-corrected chi connectivity index (χ0v) is 11.7. The van der Waals surface area contributed by atoms with Crippen molar-refractivity contribution >= 4 is 16.8 Å². The van der Waals surface area contributed by atoms with E-state index in [0.717, 1.165) is 0 Å². The van der Waals surface area contributed by atoms with Crippen LogP contribution in [0.1, 0.15) is 16.2 Å². The highest BCUT2D eigenvalue weighted by atomic mass is 16.1. The normalized spacial score (nSPS) is 10.5. The molecule has 0 saturated carbocycles. The van der Waals surface area contributed by atoms with Gasteiger partial charge in [-0.2, -0.15) is 0 Å². The summed E-state index contributed by atoms with van der Waals surface area (Å²) in [6.45, 7) is 0.391. The lowest BCUT2D eigenvalue weighted by Crippen LogP contribution is -2.26. The van der Waals surface area contributed by atoms with E-state index < -0.39 is 0 Å². The number of rotatable bonds is 4. The molecule has 0 fully saturated rings. The molecule has 110 valence electrons. The molecule has 6 heteroatoms. The molecule has 3 aromatic rings. The Morgan fingerprint density at radius 3 is 2.73 bits per heavy atom. The molecule has 0 saturated heterocycles. The lowest BCUT2D eigenvalue weighted by molar-refractivity contribution is 0.0954. The average Bonchev–Trinajstić information content (AvgIpc) is 2.56. The maximum absolute atomic E-state index is 11.9. The van der Waals surface area contributed by atoms with Crippen LogP contribution in [0.25, 0.3) is 10.9 Å². The van der Waals surface area contributed by atoms with E-state index in [1.807, 2.05) is 6.07 Å². The fourth-order valence-corrected chi connectivity index (χ4v) is 2.15. The summed E-state index contributed by atoms with van der Waals surface area (Å²) in [5.41, 5.74) is 1.04. The van der Waals surface area contributed by atoms with Crippen molar-refractivity contribution in [1.82, 2.24) is 20.3 Å². The summed E-state index contributed by atoms with van der Waals surface area (Å²) in [4.78, 5) is 34.8. The Morgan fingerprint density at radius 2 is 1.91 bits per heavy atom. The number of nitrogens with zero attached hydrogens (tertiary/aromatic N) is 2. The second kappa shape index (κ2) is 6.17. The molecule has 2 heterocycles. The topological polar surface area (TPSA) is 87.7 Å². The smallest absolute Gasteiger partial charge is 0.258 e. The number of nitrogens with one attached hydrogen (secondary N) is 2. The van der Waals surface area contributed by atoms with Crippen molar-refractivity contribution in [3.8, 4) is 0 Å². The first-order chi connectivity index (χ1) is 10.7. The molecular weight excluding hydrogens is 280 g/mol. The Labute approximate surface area is 126 Å². The van der Waals surface area contributed by atoms with E-state index in [1.165, 1.54) is 0 Å². The van der Waals surface area contributed by atoms with E-state index in [4.69, 9.17) is 0 Å². The number of aromatic amines is 1. The third-order valence-electron chi connectivity index (χ3n) is 3.25. The van der Waals surface area contributed by atoms with Crippen molar-refractivity contribution in [2.45, 2.75) is 6.42 Å². The number of H-pyrrole nitrogens is 1. The second-order valence-electron chi connectivity index (χ2n) is 4.77. The standard InChI is InChI=1S/C16H14N4O2/c21-15(11-5-8-17-9-6-11)18-10-7-14-19-13-4-2-1-3-12(13)16(22)20-14/h1-6,8-9H,7,10H2,(H,18,21)(H,19,20,22). The summed E-state index contributed by atoms with van der Waals surface area (Å²) >= 11 is 0. The largest absolute Gasteiger partial charge is 0.352 e. The molecule has 0 aliphatic carbocycles. The third kappa shape index (κ3) is 3.01. The van der Waals surface area contributed by atoms with E-state index in [0.29, 0.717) is 35.3 Å². The van der Waals surface area contributed by atoms with Gasteiger partial charge in [0.25, 0.3) is 11.5 Å². The van der Waals surface area contributed by atoms with E-state index in [1.54, 1.807) is 42.7 Å². The summed E-state index contributed by atoms with van der Waals surface area (Å²) in [7, 11) is 0. The molecule has 0 aliphatic rings. The van der Waals surface area contributed by atoms with Crippen molar-refractivity contribution in [3.63, 3.8) is 0 Å². The lowest BCUT2D eigenvalue weighted by atomic mass is 10.2. The number of para-hydroxylation sites is 1. The van der Waals surface area contributed by atoms with Gasteiger partial charge in [0, 0.05) is 30.9 Å². The van der Waals surface area contributed by atoms with Crippen LogP contribution in [0.4, 0.5) is 0 Å². The van der Waals surface area contributed by atoms with Crippen LogP contribution in [0.15, 0.2) is 53.6 Å². The van der Waals surface area contributed by atoms with Crippen LogP contribution in [-0.4, -0.2) is 27.4 Å². The Kier molecular flexibility index (Phi) is 3.91. The van der Waals surface area contributed by atoms with Crippen LogP contribution < -0.4 is 10.9 Å². The number of carbonyl (C=O) groups excluding carboxylic acids is 1. The fraction of sp³-hybridized carbons (Fsp3) is 0.125. The van der Waals surface area contributed by atoms with Crippen molar-refractivity contribution in [1.29, 1.82) is 0 Å². The summed E-state index contributed by atoms with van der Waals surface area (Å²) in [6, 6.07) is 10.5. The first-order valence-electron chi connectivity index (χ1n) is 6.90. The van der Waals surface area contributed by atoms with Crippen molar-refractivity contribution in [2.75, 3.05) is 6.54 Å². The number of benzene rings is 1. The van der Waals surface area contributed by atoms with Gasteiger partial charge >= 0.3 is 0 Å². The van der Waals surface area contributed by atoms with Crippen LogP contribution in [0.5, 0.6) is 0 Å². The van der Waals surface area contributed by atoms with E-state index >= 15 is 0 Å². The molecule has 1 aromatic carbocycles. The number of hydrogen-bond donors (Lipinski definition) is 2. The lowest BCUT2D eigenvalue weighted by Gasteiger charge is -2.05. The van der Waals surface area contributed by atoms with Crippen LogP contribution in [0.2, 0.25) is 0 Å². The minimum Gasteiger partial charge on any atom is -0.352 e. The van der Waals surface area contributed by atoms with Crippen LogP contribution in [0.3, 0.4) is 0 Å². The van der Waals surface area contributed by atoms with Gasteiger partial charge in [-0.3, -0.25) is 14.6 Å². The van der Waals surface area contributed by atoms with Crippen molar-refractivity contribution in [3.05, 3.63) is 70.5 Å². The predicted molar refractivity (Wildman–Crippen MR) is 82.6 cm³/mol. The monoisotopic (exact) mass is 294 g/mol. The molecule has 3 rings (SSSR count). The molecule has 2 aromatic heterocycles. The Balaban J connectivity index is 1.67. The van der Waals surface area contributed by atoms with Gasteiger partial charge in [-0.05, 0) is 24.3 Å². The molecular formula is C16H14N4O2. The molecule has 1 amide bonds. The molecule has 0 aliphatic heterocycles. The van der Waals surface area contributed by atoms with Crippen LogP contribution in [-0.2, 0) is 6.42 Å². The second-order valence-corrected chi connectivity index (χ2v) is 4.77. The van der Waals surface area contributed by atoms with Crippen molar-refractivity contribution < 1.29 is 4.79 Å². The number of carbonyl (C=O) groups is 1. The molecule has 0 bridgehead atoms. The Bertz CT molecular complexity index is 859. The molecule has 0 radical (unpaired) electrons.